The standard InChI is InChI=1S/C38H60O13/c1-6-7-8-9-13-32(41)50-36-25(19-33(42)45-5)18-30-23-31(24(2)39)49-34(43)21-26(40)20-27-11-10-12-28(47-27)22-29-15-17-46-35(48-29)14-16-37(3,4)38(36,44)51-30/h14,16,19,24,26-31,35-36,39-40,44H,6-13,15,17-18,20-23H2,1-5H3/t24-,26-,27+,28-,29?,30+,31-,35+,36+,38-/m1/s1. The number of hydrogen-bond acceptors (Lipinski definition) is 13. The SMILES string of the molecule is CCCCCCC(=O)O[C@H]1C(=CC(=O)OC)C[C@H]2C[C@H]([C@@H](C)O)OC(=O)C[C@H](O)C[C@@H]3CCC[C@H](CC4CCO[C@H](C=CC(C)(C)[C@]1(O)O2)O4)O3. The number of fused-ring (bicyclic) bond motifs is 6. The number of methoxy groups -OCH3 is 1. The minimum absolute atomic E-state index is 0.00884. The van der Waals surface area contributed by atoms with Gasteiger partial charge in [-0.1, -0.05) is 46.1 Å². The maximum absolute atomic E-state index is 13.2. The van der Waals surface area contributed by atoms with Crippen LogP contribution in [0.5, 0.6) is 0 Å². The summed E-state index contributed by atoms with van der Waals surface area (Å²) in [5, 5.41) is 34.2. The molecule has 0 aromatic rings. The smallest absolute Gasteiger partial charge is 0.330 e. The van der Waals surface area contributed by atoms with E-state index < -0.39 is 65.9 Å². The second kappa shape index (κ2) is 19.1. The zero-order valence-corrected chi connectivity index (χ0v) is 31.0. The van der Waals surface area contributed by atoms with Crippen LogP contribution in [0.1, 0.15) is 118 Å². The third-order valence-corrected chi connectivity index (χ3v) is 10.3. The Hall–Kier alpha value is -2.39. The highest BCUT2D eigenvalue weighted by Crippen LogP contribution is 2.47. The van der Waals surface area contributed by atoms with Gasteiger partial charge in [0.1, 0.15) is 6.10 Å². The Bertz CT molecular complexity index is 1210. The minimum atomic E-state index is -2.26. The van der Waals surface area contributed by atoms with Crippen molar-refractivity contribution in [2.45, 2.75) is 178 Å². The van der Waals surface area contributed by atoms with Crippen LogP contribution in [0.15, 0.2) is 23.8 Å². The van der Waals surface area contributed by atoms with Gasteiger partial charge in [0.15, 0.2) is 12.4 Å². The highest BCUT2D eigenvalue weighted by molar-refractivity contribution is 5.83. The summed E-state index contributed by atoms with van der Waals surface area (Å²) in [5.74, 6) is -4.24. The van der Waals surface area contributed by atoms with Gasteiger partial charge in [0.2, 0.25) is 5.79 Å². The summed E-state index contributed by atoms with van der Waals surface area (Å²) >= 11 is 0. The van der Waals surface area contributed by atoms with Gasteiger partial charge < -0.3 is 48.5 Å². The van der Waals surface area contributed by atoms with Gasteiger partial charge in [0.05, 0.1) is 56.8 Å². The summed E-state index contributed by atoms with van der Waals surface area (Å²) < 4.78 is 41.6. The van der Waals surface area contributed by atoms with Gasteiger partial charge in [0.25, 0.3) is 0 Å². The summed E-state index contributed by atoms with van der Waals surface area (Å²) in [5.41, 5.74) is -1.05. The number of rotatable bonds is 8. The van der Waals surface area contributed by atoms with E-state index in [1.807, 2.05) is 0 Å². The highest BCUT2D eigenvalue weighted by atomic mass is 16.7. The third-order valence-electron chi connectivity index (χ3n) is 10.3. The average molecular weight is 725 g/mol. The van der Waals surface area contributed by atoms with E-state index in [0.717, 1.165) is 38.5 Å². The number of aliphatic hydroxyl groups is 3. The first-order chi connectivity index (χ1) is 24.2. The third kappa shape index (κ3) is 11.8. The molecule has 0 aliphatic carbocycles. The summed E-state index contributed by atoms with van der Waals surface area (Å²) in [6.45, 7) is 7.40. The molecule has 0 radical (unpaired) electrons. The zero-order valence-electron chi connectivity index (χ0n) is 31.0. The quantitative estimate of drug-likeness (QED) is 0.106. The Kier molecular flexibility index (Phi) is 15.5. The monoisotopic (exact) mass is 724 g/mol. The largest absolute Gasteiger partial charge is 0.466 e. The first kappa shape index (κ1) is 41.4. The fourth-order valence-electron chi connectivity index (χ4n) is 7.33. The molecule has 4 heterocycles. The van der Waals surface area contributed by atoms with E-state index in [9.17, 15) is 29.7 Å². The molecule has 3 N–H and O–H groups in total. The summed E-state index contributed by atoms with van der Waals surface area (Å²) in [6.07, 6.45) is 5.05. The Balaban J connectivity index is 1.71. The molecule has 3 saturated heterocycles. The molecule has 0 saturated carbocycles. The van der Waals surface area contributed by atoms with Crippen molar-refractivity contribution in [1.29, 1.82) is 0 Å². The normalized spacial score (nSPS) is 36.4. The van der Waals surface area contributed by atoms with Gasteiger partial charge >= 0.3 is 17.9 Å². The van der Waals surface area contributed by atoms with Crippen LogP contribution >= 0.6 is 0 Å². The minimum Gasteiger partial charge on any atom is -0.466 e. The molecule has 13 nitrogen and oxygen atoms in total. The Morgan fingerprint density at radius 3 is 2.45 bits per heavy atom. The Morgan fingerprint density at radius 2 is 1.75 bits per heavy atom. The molecule has 290 valence electrons. The lowest BCUT2D eigenvalue weighted by Crippen LogP contribution is -2.62. The number of unbranched alkanes of at least 4 members (excludes halogenated alkanes) is 3. The number of ether oxygens (including phenoxy) is 7. The number of esters is 3. The van der Waals surface area contributed by atoms with E-state index in [1.54, 1.807) is 26.0 Å². The van der Waals surface area contributed by atoms with Crippen LogP contribution in [-0.4, -0.2) is 108 Å². The molecule has 13 heteroatoms. The van der Waals surface area contributed by atoms with Gasteiger partial charge in [-0.25, -0.2) is 4.79 Å². The van der Waals surface area contributed by atoms with E-state index in [1.165, 1.54) is 20.1 Å². The molecule has 4 aliphatic heterocycles. The van der Waals surface area contributed by atoms with E-state index in [2.05, 4.69) is 6.92 Å². The molecule has 10 atom stereocenters. The van der Waals surface area contributed by atoms with Crippen LogP contribution in [-0.2, 0) is 47.5 Å². The van der Waals surface area contributed by atoms with E-state index in [0.29, 0.717) is 25.9 Å². The van der Waals surface area contributed by atoms with Crippen molar-refractivity contribution in [2.24, 2.45) is 5.41 Å². The zero-order chi connectivity index (χ0) is 37.2. The molecule has 0 amide bonds. The summed E-state index contributed by atoms with van der Waals surface area (Å²) in [6, 6.07) is 0. The van der Waals surface area contributed by atoms with Gasteiger partial charge in [-0.3, -0.25) is 9.59 Å². The molecule has 51 heavy (non-hydrogen) atoms. The van der Waals surface area contributed by atoms with Crippen molar-refractivity contribution >= 4 is 17.9 Å². The van der Waals surface area contributed by atoms with E-state index >= 15 is 0 Å². The maximum Gasteiger partial charge on any atom is 0.330 e. The van der Waals surface area contributed by atoms with Crippen molar-refractivity contribution in [3.8, 4) is 0 Å². The van der Waals surface area contributed by atoms with Crippen LogP contribution in [0, 0.1) is 5.41 Å². The average Bonchev–Trinajstić information content (AvgIpc) is 3.06. The lowest BCUT2D eigenvalue weighted by Gasteiger charge is -2.51. The van der Waals surface area contributed by atoms with Crippen LogP contribution in [0.3, 0.4) is 0 Å². The van der Waals surface area contributed by atoms with Crippen LogP contribution in [0.2, 0.25) is 0 Å². The van der Waals surface area contributed by atoms with Crippen LogP contribution < -0.4 is 0 Å². The second-order valence-corrected chi connectivity index (χ2v) is 15.1. The lowest BCUT2D eigenvalue weighted by molar-refractivity contribution is -0.327. The molecule has 4 aliphatic rings. The van der Waals surface area contributed by atoms with Crippen molar-refractivity contribution in [2.75, 3.05) is 13.7 Å². The first-order valence-corrected chi connectivity index (χ1v) is 18.8. The fraction of sp³-hybridized carbons (Fsp3) is 0.816. The Labute approximate surface area is 302 Å². The van der Waals surface area contributed by atoms with E-state index in [4.69, 9.17) is 33.2 Å². The number of carbonyl (C=O) groups excluding carboxylic acids is 3. The number of hydrogen-bond donors (Lipinski definition) is 3. The molecule has 0 aromatic carbocycles. The predicted octanol–water partition coefficient (Wildman–Crippen LogP) is 4.32. The Morgan fingerprint density at radius 1 is 1.02 bits per heavy atom. The van der Waals surface area contributed by atoms with Gasteiger partial charge in [-0.2, -0.15) is 0 Å². The topological polar surface area (TPSA) is 177 Å². The van der Waals surface area contributed by atoms with Crippen LogP contribution in [0.25, 0.3) is 0 Å². The van der Waals surface area contributed by atoms with Crippen LogP contribution in [0.4, 0.5) is 0 Å². The predicted molar refractivity (Wildman–Crippen MR) is 184 cm³/mol. The van der Waals surface area contributed by atoms with Crippen molar-refractivity contribution in [1.82, 2.24) is 0 Å². The van der Waals surface area contributed by atoms with E-state index in [-0.39, 0.29) is 56.0 Å². The second-order valence-electron chi connectivity index (χ2n) is 15.1. The number of carbonyl (C=O) groups is 3. The molecule has 6 bridgehead atoms. The number of cyclic esters (lactones) is 1. The first-order valence-electron chi connectivity index (χ1n) is 18.8. The van der Waals surface area contributed by atoms with Crippen molar-refractivity contribution in [3.63, 3.8) is 0 Å². The highest BCUT2D eigenvalue weighted by Gasteiger charge is 2.57. The summed E-state index contributed by atoms with van der Waals surface area (Å²) in [4.78, 5) is 39.0. The summed E-state index contributed by atoms with van der Waals surface area (Å²) in [7, 11) is 1.22. The molecular formula is C38H60O13. The van der Waals surface area contributed by atoms with Gasteiger partial charge in [0, 0.05) is 30.8 Å². The molecule has 4 rings (SSSR count). The maximum atomic E-state index is 13.2. The molecular weight excluding hydrogens is 664 g/mol. The molecule has 0 spiro atoms. The molecule has 3 fully saturated rings. The molecule has 0 aromatic heterocycles. The fourth-order valence-corrected chi connectivity index (χ4v) is 7.33. The van der Waals surface area contributed by atoms with Gasteiger partial charge in [-0.15, -0.1) is 0 Å². The van der Waals surface area contributed by atoms with Gasteiger partial charge in [-0.05, 0) is 63.5 Å². The van der Waals surface area contributed by atoms with Crippen molar-refractivity contribution < 1.29 is 62.9 Å². The van der Waals surface area contributed by atoms with Crippen molar-refractivity contribution in [3.05, 3.63) is 23.8 Å². The molecule has 1 unspecified atom stereocenters. The lowest BCUT2D eigenvalue weighted by atomic mass is 9.74. The number of aliphatic hydroxyl groups excluding tert-OH is 2.